The fourth-order valence-corrected chi connectivity index (χ4v) is 3.75. The summed E-state index contributed by atoms with van der Waals surface area (Å²) in [6.07, 6.45) is 0. The summed E-state index contributed by atoms with van der Waals surface area (Å²) < 4.78 is 1.84. The first-order valence-electron chi connectivity index (χ1n) is 5.56. The highest BCUT2D eigenvalue weighted by molar-refractivity contribution is 8.15. The number of carbonyl (C=O) groups excluding carboxylic acids is 1. The maximum absolute atomic E-state index is 12.1. The van der Waals surface area contributed by atoms with Gasteiger partial charge in [0.15, 0.2) is 4.34 Å². The average molecular weight is 306 g/mol. The van der Waals surface area contributed by atoms with Crippen molar-refractivity contribution in [2.24, 2.45) is 0 Å². The van der Waals surface area contributed by atoms with Gasteiger partial charge in [-0.25, -0.2) is 4.98 Å². The second-order valence-corrected chi connectivity index (χ2v) is 6.53. The molecule has 0 aliphatic rings. The van der Waals surface area contributed by atoms with Crippen LogP contribution >= 0.6 is 34.7 Å². The molecule has 0 saturated heterocycles. The van der Waals surface area contributed by atoms with Gasteiger partial charge in [0.05, 0.1) is 10.2 Å². The summed E-state index contributed by atoms with van der Waals surface area (Å²) in [7, 11) is 0. The van der Waals surface area contributed by atoms with Crippen molar-refractivity contribution in [2.45, 2.75) is 4.34 Å². The quantitative estimate of drug-likeness (QED) is 0.632. The number of rotatable bonds is 2. The van der Waals surface area contributed by atoms with Crippen LogP contribution in [-0.4, -0.2) is 10.1 Å². The highest BCUT2D eigenvalue weighted by Crippen LogP contribution is 2.31. The Kier molecular flexibility index (Phi) is 3.55. The first-order valence-corrected chi connectivity index (χ1v) is 7.57. The minimum atomic E-state index is -0.0402. The summed E-state index contributed by atoms with van der Waals surface area (Å²) in [5.41, 5.74) is 1.52. The predicted octanol–water partition coefficient (Wildman–Crippen LogP) is 4.88. The van der Waals surface area contributed by atoms with Gasteiger partial charge >= 0.3 is 0 Å². The molecule has 2 aromatic carbocycles. The van der Waals surface area contributed by atoms with Gasteiger partial charge in [-0.3, -0.25) is 4.79 Å². The number of halogens is 1. The lowest BCUT2D eigenvalue weighted by Crippen LogP contribution is -1.92. The molecule has 0 aliphatic carbocycles. The van der Waals surface area contributed by atoms with Crippen molar-refractivity contribution in [3.8, 4) is 0 Å². The van der Waals surface area contributed by atoms with Crippen LogP contribution in [0.5, 0.6) is 0 Å². The van der Waals surface area contributed by atoms with E-state index >= 15 is 0 Å². The van der Waals surface area contributed by atoms with E-state index in [1.165, 1.54) is 11.3 Å². The molecule has 0 atom stereocenters. The Hall–Kier alpha value is -1.36. The summed E-state index contributed by atoms with van der Waals surface area (Å²) in [6.45, 7) is 0. The Balaban J connectivity index is 1.86. The van der Waals surface area contributed by atoms with Gasteiger partial charge in [0.25, 0.3) is 0 Å². The van der Waals surface area contributed by atoms with Gasteiger partial charge in [0.2, 0.25) is 5.12 Å². The normalized spacial score (nSPS) is 10.8. The minimum absolute atomic E-state index is 0.0402. The molecule has 0 aliphatic heterocycles. The highest BCUT2D eigenvalue weighted by atomic mass is 35.5. The molecule has 0 saturated carbocycles. The summed E-state index contributed by atoms with van der Waals surface area (Å²) in [5, 5.41) is 0.525. The molecule has 3 rings (SSSR count). The zero-order valence-corrected chi connectivity index (χ0v) is 12.1. The van der Waals surface area contributed by atoms with Crippen LogP contribution in [0, 0.1) is 0 Å². The van der Waals surface area contributed by atoms with Crippen molar-refractivity contribution in [3.63, 3.8) is 0 Å². The largest absolute Gasteiger partial charge is 0.281 e. The van der Waals surface area contributed by atoms with Crippen LogP contribution in [0.3, 0.4) is 0 Å². The fourth-order valence-electron chi connectivity index (χ4n) is 1.65. The summed E-state index contributed by atoms with van der Waals surface area (Å²) in [5.74, 6) is 0. The van der Waals surface area contributed by atoms with E-state index in [-0.39, 0.29) is 5.12 Å². The number of carbonyl (C=O) groups is 1. The third kappa shape index (κ3) is 2.81. The van der Waals surface area contributed by atoms with Crippen LogP contribution in [0.2, 0.25) is 5.02 Å². The van der Waals surface area contributed by atoms with Crippen molar-refractivity contribution in [1.29, 1.82) is 0 Å². The van der Waals surface area contributed by atoms with Gasteiger partial charge < -0.3 is 0 Å². The third-order valence-corrected chi connectivity index (χ3v) is 4.77. The average Bonchev–Trinajstić information content (AvgIpc) is 2.80. The molecular weight excluding hydrogens is 298 g/mol. The van der Waals surface area contributed by atoms with E-state index in [4.69, 9.17) is 11.6 Å². The molecule has 2 nitrogen and oxygen atoms in total. The molecule has 0 spiro atoms. The molecule has 1 aromatic heterocycles. The lowest BCUT2D eigenvalue weighted by atomic mass is 10.2. The summed E-state index contributed by atoms with van der Waals surface area (Å²) >= 11 is 8.55. The van der Waals surface area contributed by atoms with E-state index in [0.29, 0.717) is 10.6 Å². The lowest BCUT2D eigenvalue weighted by molar-refractivity contribution is 0.108. The molecule has 1 heterocycles. The van der Waals surface area contributed by atoms with E-state index in [1.54, 1.807) is 24.3 Å². The Labute approximate surface area is 123 Å². The molecule has 19 heavy (non-hydrogen) atoms. The molecule has 0 unspecified atom stereocenters. The van der Waals surface area contributed by atoms with Gasteiger partial charge in [-0.15, -0.1) is 11.3 Å². The van der Waals surface area contributed by atoms with Crippen molar-refractivity contribution in [3.05, 3.63) is 59.1 Å². The van der Waals surface area contributed by atoms with Crippen LogP contribution in [-0.2, 0) is 0 Å². The van der Waals surface area contributed by atoms with E-state index in [2.05, 4.69) is 4.98 Å². The van der Waals surface area contributed by atoms with Crippen molar-refractivity contribution in [2.75, 3.05) is 0 Å². The smallest absolute Gasteiger partial charge is 0.226 e. The molecular formula is C14H8ClNOS2. The Morgan fingerprint density at radius 3 is 2.79 bits per heavy atom. The van der Waals surface area contributed by atoms with Crippen LogP contribution < -0.4 is 0 Å². The first-order chi connectivity index (χ1) is 9.22. The monoisotopic (exact) mass is 305 g/mol. The van der Waals surface area contributed by atoms with Gasteiger partial charge in [0.1, 0.15) is 0 Å². The van der Waals surface area contributed by atoms with Crippen molar-refractivity contribution in [1.82, 2.24) is 4.98 Å². The molecule has 0 amide bonds. The molecule has 0 radical (unpaired) electrons. The van der Waals surface area contributed by atoms with Gasteiger partial charge in [-0.05, 0) is 36.0 Å². The fraction of sp³-hybridized carbons (Fsp3) is 0. The molecule has 0 fully saturated rings. The van der Waals surface area contributed by atoms with E-state index in [1.807, 2.05) is 24.3 Å². The van der Waals surface area contributed by atoms with Crippen molar-refractivity contribution >= 4 is 50.0 Å². The number of aromatic nitrogens is 1. The Bertz CT molecular complexity index is 721. The van der Waals surface area contributed by atoms with Crippen LogP contribution in [0.25, 0.3) is 10.2 Å². The van der Waals surface area contributed by atoms with Gasteiger partial charge in [-0.1, -0.05) is 35.9 Å². The topological polar surface area (TPSA) is 30.0 Å². The van der Waals surface area contributed by atoms with Crippen molar-refractivity contribution < 1.29 is 4.79 Å². The predicted molar refractivity (Wildman–Crippen MR) is 81.3 cm³/mol. The third-order valence-electron chi connectivity index (χ3n) is 2.51. The molecule has 0 bridgehead atoms. The van der Waals surface area contributed by atoms with Crippen LogP contribution in [0.15, 0.2) is 52.9 Å². The van der Waals surface area contributed by atoms with E-state index in [9.17, 15) is 4.79 Å². The molecule has 5 heteroatoms. The standard InChI is InChI=1S/C14H8ClNOS2/c15-10-5-3-4-9(8-10)13(17)19-14-16-11-6-1-2-7-12(11)18-14/h1-8H. The first kappa shape index (κ1) is 12.7. The zero-order chi connectivity index (χ0) is 13.2. The maximum atomic E-state index is 12.1. The number of nitrogens with zero attached hydrogens (tertiary/aromatic N) is 1. The van der Waals surface area contributed by atoms with E-state index in [0.717, 1.165) is 26.3 Å². The number of fused-ring (bicyclic) bond motifs is 1. The number of thiazole rings is 1. The number of thioether (sulfide) groups is 1. The Morgan fingerprint density at radius 2 is 2.00 bits per heavy atom. The molecule has 3 aromatic rings. The van der Waals surface area contributed by atoms with Gasteiger partial charge in [-0.2, -0.15) is 0 Å². The zero-order valence-electron chi connectivity index (χ0n) is 9.67. The van der Waals surface area contributed by atoms with Gasteiger partial charge in [0, 0.05) is 10.6 Å². The number of benzene rings is 2. The second kappa shape index (κ2) is 5.33. The summed E-state index contributed by atoms with van der Waals surface area (Å²) in [6, 6.07) is 14.8. The molecule has 94 valence electrons. The number of hydrogen-bond acceptors (Lipinski definition) is 4. The Morgan fingerprint density at radius 1 is 1.16 bits per heavy atom. The second-order valence-electron chi connectivity index (χ2n) is 3.85. The highest BCUT2D eigenvalue weighted by Gasteiger charge is 2.12. The van der Waals surface area contributed by atoms with E-state index < -0.39 is 0 Å². The van der Waals surface area contributed by atoms with Crippen LogP contribution in [0.1, 0.15) is 10.4 Å². The lowest BCUT2D eigenvalue weighted by Gasteiger charge is -1.98. The molecule has 0 N–H and O–H groups in total. The number of para-hydroxylation sites is 1. The SMILES string of the molecule is O=C(Sc1nc2ccccc2s1)c1cccc(Cl)c1. The number of hydrogen-bond donors (Lipinski definition) is 0. The van der Waals surface area contributed by atoms with Crippen LogP contribution in [0.4, 0.5) is 0 Å². The maximum Gasteiger partial charge on any atom is 0.226 e. The minimum Gasteiger partial charge on any atom is -0.281 e. The summed E-state index contributed by atoms with van der Waals surface area (Å²) in [4.78, 5) is 16.5.